The number of likely N-dealkylation sites (N-methyl/N-ethyl adjacent to an activating group) is 1. The Morgan fingerprint density at radius 1 is 1.00 bits per heavy atom. The molecule has 0 aliphatic carbocycles. The number of hydrogen-bond acceptors (Lipinski definition) is 4. The molecule has 5 heteroatoms. The molecule has 1 N–H and O–H groups in total. The Labute approximate surface area is 188 Å². The predicted molar refractivity (Wildman–Crippen MR) is 126 cm³/mol. The second-order valence-corrected chi connectivity index (χ2v) is 9.13. The number of hydrogen-bond donors (Lipinski definition) is 1. The molecular weight excluding hydrogens is 388 g/mol. The maximum atomic E-state index is 12.9. The molecule has 1 fully saturated rings. The number of nitrogens with one attached hydrogen (secondary N) is 1. The van der Waals surface area contributed by atoms with Crippen molar-refractivity contribution in [2.75, 3.05) is 26.7 Å². The molecule has 1 aromatic carbocycles. The van der Waals surface area contributed by atoms with Crippen molar-refractivity contribution in [2.45, 2.75) is 90.0 Å². The smallest absolute Gasteiger partial charge is 0.308 e. The van der Waals surface area contributed by atoms with Crippen molar-refractivity contribution < 1.29 is 14.3 Å². The molecular formula is C26H42N2O3. The first-order valence-electron chi connectivity index (χ1n) is 12.2. The van der Waals surface area contributed by atoms with E-state index >= 15 is 0 Å². The van der Waals surface area contributed by atoms with Crippen LogP contribution in [0.1, 0.15) is 94.0 Å². The number of carbonyl (C=O) groups excluding carboxylic acids is 2. The minimum atomic E-state index is -0.548. The molecule has 1 heterocycles. The Bertz CT molecular complexity index is 674. The molecule has 2 rings (SSSR count). The number of rotatable bonds is 14. The van der Waals surface area contributed by atoms with E-state index in [1.807, 2.05) is 19.2 Å². The van der Waals surface area contributed by atoms with E-state index in [1.165, 1.54) is 56.9 Å². The number of carbonyl (C=O) groups is 2. The van der Waals surface area contributed by atoms with Gasteiger partial charge in [-0.1, -0.05) is 64.0 Å². The largest absolute Gasteiger partial charge is 0.466 e. The average Bonchev–Trinajstić information content (AvgIpc) is 3.10. The van der Waals surface area contributed by atoms with E-state index in [-0.39, 0.29) is 18.3 Å². The van der Waals surface area contributed by atoms with E-state index in [0.29, 0.717) is 18.7 Å². The number of benzene rings is 1. The van der Waals surface area contributed by atoms with Gasteiger partial charge in [-0.15, -0.1) is 0 Å². The van der Waals surface area contributed by atoms with Crippen LogP contribution in [0.2, 0.25) is 0 Å². The van der Waals surface area contributed by atoms with Gasteiger partial charge in [-0.2, -0.15) is 0 Å². The number of amides is 1. The average molecular weight is 431 g/mol. The first kappa shape index (κ1) is 25.4. The van der Waals surface area contributed by atoms with Gasteiger partial charge in [-0.25, -0.2) is 0 Å². The van der Waals surface area contributed by atoms with Gasteiger partial charge in [-0.3, -0.25) is 9.59 Å². The minimum Gasteiger partial charge on any atom is -0.466 e. The summed E-state index contributed by atoms with van der Waals surface area (Å²) < 4.78 is 5.14. The van der Waals surface area contributed by atoms with E-state index in [4.69, 9.17) is 4.74 Å². The van der Waals surface area contributed by atoms with Crippen LogP contribution < -0.4 is 5.32 Å². The molecule has 1 amide bonds. The maximum Gasteiger partial charge on any atom is 0.308 e. The number of ether oxygens (including phenoxy) is 1. The van der Waals surface area contributed by atoms with Crippen LogP contribution in [0.3, 0.4) is 0 Å². The summed E-state index contributed by atoms with van der Waals surface area (Å²) in [7, 11) is 2.01. The van der Waals surface area contributed by atoms with Crippen molar-refractivity contribution in [1.29, 1.82) is 0 Å². The standard InChI is InChI=1S/C26H42N2O3/c1-4-6-7-8-9-10-11-12-13-22-14-16-23(17-15-22)25(30)27-26(18-19-28(3)21-26)20-24(29)31-5-2/h14-17H,4-13,18-21H2,1-3H3,(H,27,30). The van der Waals surface area contributed by atoms with Gasteiger partial charge in [0, 0.05) is 18.7 Å². The molecule has 31 heavy (non-hydrogen) atoms. The predicted octanol–water partition coefficient (Wildman–Crippen LogP) is 5.13. The number of unbranched alkanes of at least 4 members (excludes halogenated alkanes) is 7. The monoisotopic (exact) mass is 430 g/mol. The first-order chi connectivity index (χ1) is 15.0. The minimum absolute atomic E-state index is 0.113. The zero-order valence-corrected chi connectivity index (χ0v) is 19.9. The summed E-state index contributed by atoms with van der Waals surface area (Å²) in [5.74, 6) is -0.364. The number of esters is 1. The van der Waals surface area contributed by atoms with E-state index in [0.717, 1.165) is 19.4 Å². The Morgan fingerprint density at radius 3 is 2.23 bits per heavy atom. The lowest BCUT2D eigenvalue weighted by atomic mass is 9.93. The lowest BCUT2D eigenvalue weighted by Crippen LogP contribution is -2.51. The summed E-state index contributed by atoms with van der Waals surface area (Å²) in [5.41, 5.74) is 1.38. The van der Waals surface area contributed by atoms with Gasteiger partial charge in [0.25, 0.3) is 5.91 Å². The van der Waals surface area contributed by atoms with E-state index in [2.05, 4.69) is 29.3 Å². The third kappa shape index (κ3) is 9.02. The molecule has 1 aromatic rings. The highest BCUT2D eigenvalue weighted by atomic mass is 16.5. The summed E-state index contributed by atoms with van der Waals surface area (Å²) >= 11 is 0. The highest BCUT2D eigenvalue weighted by molar-refractivity contribution is 5.95. The van der Waals surface area contributed by atoms with Crippen LogP contribution in [0.25, 0.3) is 0 Å². The van der Waals surface area contributed by atoms with Gasteiger partial charge in [0.05, 0.1) is 18.6 Å². The Morgan fingerprint density at radius 2 is 1.65 bits per heavy atom. The Balaban J connectivity index is 1.80. The second kappa shape index (κ2) is 13.5. The van der Waals surface area contributed by atoms with Gasteiger partial charge in [-0.05, 0) is 50.9 Å². The molecule has 1 saturated heterocycles. The third-order valence-electron chi connectivity index (χ3n) is 6.25. The summed E-state index contributed by atoms with van der Waals surface area (Å²) in [4.78, 5) is 27.1. The van der Waals surface area contributed by atoms with Gasteiger partial charge in [0.2, 0.25) is 0 Å². The normalized spacial score (nSPS) is 18.8. The molecule has 0 aromatic heterocycles. The van der Waals surface area contributed by atoms with Crippen LogP contribution in [0.5, 0.6) is 0 Å². The SMILES string of the molecule is CCCCCCCCCCc1ccc(C(=O)NC2(CC(=O)OCC)CCN(C)C2)cc1. The van der Waals surface area contributed by atoms with Crippen LogP contribution in [0, 0.1) is 0 Å². The summed E-state index contributed by atoms with van der Waals surface area (Å²) in [6.07, 6.45) is 12.6. The molecule has 1 aliphatic heterocycles. The molecule has 174 valence electrons. The van der Waals surface area contributed by atoms with Crippen LogP contribution in [0.15, 0.2) is 24.3 Å². The van der Waals surface area contributed by atoms with Gasteiger partial charge >= 0.3 is 5.97 Å². The fraction of sp³-hybridized carbons (Fsp3) is 0.692. The zero-order valence-electron chi connectivity index (χ0n) is 19.9. The Kier molecular flexibility index (Phi) is 11.1. The van der Waals surface area contributed by atoms with Crippen LogP contribution in [0.4, 0.5) is 0 Å². The fourth-order valence-electron chi connectivity index (χ4n) is 4.46. The van der Waals surface area contributed by atoms with Crippen LogP contribution >= 0.6 is 0 Å². The zero-order chi connectivity index (χ0) is 22.5. The lowest BCUT2D eigenvalue weighted by Gasteiger charge is -2.29. The summed E-state index contributed by atoms with van der Waals surface area (Å²) in [6.45, 7) is 5.94. The van der Waals surface area contributed by atoms with Crippen LogP contribution in [-0.4, -0.2) is 49.1 Å². The van der Waals surface area contributed by atoms with Crippen molar-refractivity contribution >= 4 is 11.9 Å². The maximum absolute atomic E-state index is 12.9. The molecule has 5 nitrogen and oxygen atoms in total. The molecule has 0 spiro atoms. The quantitative estimate of drug-likeness (QED) is 0.328. The van der Waals surface area contributed by atoms with Crippen LogP contribution in [-0.2, 0) is 16.0 Å². The summed E-state index contributed by atoms with van der Waals surface area (Å²) in [6, 6.07) is 7.95. The lowest BCUT2D eigenvalue weighted by molar-refractivity contribution is -0.144. The molecule has 0 radical (unpaired) electrons. The Hall–Kier alpha value is -1.88. The van der Waals surface area contributed by atoms with Crippen molar-refractivity contribution in [3.8, 4) is 0 Å². The molecule has 1 unspecified atom stereocenters. The van der Waals surface area contributed by atoms with Crippen molar-refractivity contribution in [1.82, 2.24) is 10.2 Å². The number of aryl methyl sites for hydroxylation is 1. The second-order valence-electron chi connectivity index (χ2n) is 9.13. The highest BCUT2D eigenvalue weighted by Gasteiger charge is 2.40. The van der Waals surface area contributed by atoms with Crippen molar-refractivity contribution in [2.24, 2.45) is 0 Å². The van der Waals surface area contributed by atoms with Gasteiger partial charge < -0.3 is 15.0 Å². The molecule has 1 aliphatic rings. The van der Waals surface area contributed by atoms with Crippen molar-refractivity contribution in [3.63, 3.8) is 0 Å². The van der Waals surface area contributed by atoms with E-state index in [1.54, 1.807) is 6.92 Å². The number of likely N-dealkylation sites (tertiary alicyclic amines) is 1. The first-order valence-corrected chi connectivity index (χ1v) is 12.2. The summed E-state index contributed by atoms with van der Waals surface area (Å²) in [5, 5.41) is 3.15. The van der Waals surface area contributed by atoms with E-state index < -0.39 is 5.54 Å². The molecule has 1 atom stereocenters. The third-order valence-corrected chi connectivity index (χ3v) is 6.25. The van der Waals surface area contributed by atoms with Crippen molar-refractivity contribution in [3.05, 3.63) is 35.4 Å². The number of nitrogens with zero attached hydrogens (tertiary/aromatic N) is 1. The molecule has 0 saturated carbocycles. The fourth-order valence-corrected chi connectivity index (χ4v) is 4.46. The topological polar surface area (TPSA) is 58.6 Å². The molecule has 0 bridgehead atoms. The van der Waals surface area contributed by atoms with Gasteiger partial charge in [0.15, 0.2) is 0 Å². The highest BCUT2D eigenvalue weighted by Crippen LogP contribution is 2.25. The van der Waals surface area contributed by atoms with E-state index in [9.17, 15) is 9.59 Å². The van der Waals surface area contributed by atoms with Gasteiger partial charge in [0.1, 0.15) is 0 Å².